The summed E-state index contributed by atoms with van der Waals surface area (Å²) >= 11 is 0. The summed E-state index contributed by atoms with van der Waals surface area (Å²) in [6.45, 7) is 5.24. The third kappa shape index (κ3) is 2.69. The zero-order valence-electron chi connectivity index (χ0n) is 9.66. The van der Waals surface area contributed by atoms with E-state index in [-0.39, 0.29) is 0 Å². The predicted molar refractivity (Wildman–Crippen MR) is 55.3 cm³/mol. The molecule has 1 rings (SSSR count). The molecule has 0 spiro atoms. The van der Waals surface area contributed by atoms with Crippen molar-refractivity contribution in [2.45, 2.75) is 32.8 Å². The lowest BCUT2D eigenvalue weighted by molar-refractivity contribution is -0.161. The molecule has 0 saturated carbocycles. The smallest absolute Gasteiger partial charge is 0.335 e. The summed E-state index contributed by atoms with van der Waals surface area (Å²) in [7, 11) is 1.30. The molecule has 1 aliphatic rings. The second kappa shape index (κ2) is 4.94. The number of aliphatic hydroxyl groups excluding tert-OH is 1. The topological polar surface area (TPSA) is 55.8 Å². The van der Waals surface area contributed by atoms with Crippen LogP contribution in [0.3, 0.4) is 0 Å². The normalized spacial score (nSPS) is 21.1. The van der Waals surface area contributed by atoms with Gasteiger partial charge in [-0.3, -0.25) is 0 Å². The maximum absolute atomic E-state index is 11.3. The monoisotopic (exact) mass is 216 g/mol. The number of rotatable bonds is 3. The van der Waals surface area contributed by atoms with Gasteiger partial charge in [0, 0.05) is 18.6 Å². The molecule has 0 amide bonds. The average Bonchev–Trinajstić information content (AvgIpc) is 2.28. The third-order valence-electron chi connectivity index (χ3n) is 3.40. The fourth-order valence-electron chi connectivity index (χ4n) is 2.08. The van der Waals surface area contributed by atoms with Crippen LogP contribution in [0.1, 0.15) is 26.7 Å². The van der Waals surface area contributed by atoms with Crippen molar-refractivity contribution in [2.75, 3.05) is 20.3 Å². The molecule has 0 bridgehead atoms. The molecule has 1 N–H and O–H groups in total. The highest BCUT2D eigenvalue weighted by Crippen LogP contribution is 2.37. The van der Waals surface area contributed by atoms with Crippen molar-refractivity contribution in [2.24, 2.45) is 11.3 Å². The average molecular weight is 216 g/mol. The number of ether oxygens (including phenoxy) is 2. The van der Waals surface area contributed by atoms with E-state index in [1.807, 2.05) is 13.8 Å². The standard InChI is InChI=1S/C11H20O4/c1-11(2,9(12)10(13)14-3)8-4-6-15-7-5-8/h8-9,12H,4-7H2,1-3H3. The largest absolute Gasteiger partial charge is 0.467 e. The molecule has 0 aromatic carbocycles. The van der Waals surface area contributed by atoms with Gasteiger partial charge in [-0.25, -0.2) is 4.79 Å². The van der Waals surface area contributed by atoms with Gasteiger partial charge in [-0.15, -0.1) is 0 Å². The quantitative estimate of drug-likeness (QED) is 0.714. The Morgan fingerprint density at radius 1 is 1.47 bits per heavy atom. The molecule has 1 aliphatic heterocycles. The van der Waals surface area contributed by atoms with E-state index in [2.05, 4.69) is 4.74 Å². The van der Waals surface area contributed by atoms with Gasteiger partial charge >= 0.3 is 5.97 Å². The van der Waals surface area contributed by atoms with E-state index in [1.165, 1.54) is 7.11 Å². The molecule has 1 unspecified atom stereocenters. The first-order chi connectivity index (χ1) is 7.00. The number of methoxy groups -OCH3 is 1. The Bertz CT molecular complexity index is 219. The number of hydrogen-bond donors (Lipinski definition) is 1. The number of esters is 1. The number of carbonyl (C=O) groups excluding carboxylic acids is 1. The summed E-state index contributed by atoms with van der Waals surface area (Å²) in [5.74, 6) is -0.244. The Morgan fingerprint density at radius 3 is 2.47 bits per heavy atom. The maximum Gasteiger partial charge on any atom is 0.335 e. The second-order valence-corrected chi connectivity index (χ2v) is 4.63. The van der Waals surface area contributed by atoms with Gasteiger partial charge in [0.05, 0.1) is 7.11 Å². The van der Waals surface area contributed by atoms with Crippen molar-refractivity contribution in [3.8, 4) is 0 Å². The van der Waals surface area contributed by atoms with Gasteiger partial charge in [-0.2, -0.15) is 0 Å². The Labute approximate surface area is 90.6 Å². The van der Waals surface area contributed by atoms with Crippen LogP contribution < -0.4 is 0 Å². The summed E-state index contributed by atoms with van der Waals surface area (Å²) < 4.78 is 9.83. The van der Waals surface area contributed by atoms with E-state index in [4.69, 9.17) is 4.74 Å². The second-order valence-electron chi connectivity index (χ2n) is 4.63. The zero-order valence-corrected chi connectivity index (χ0v) is 9.66. The predicted octanol–water partition coefficient (Wildman–Crippen LogP) is 0.973. The first kappa shape index (κ1) is 12.5. The van der Waals surface area contributed by atoms with Crippen LogP contribution in [0.5, 0.6) is 0 Å². The molecule has 4 nitrogen and oxygen atoms in total. The van der Waals surface area contributed by atoms with Crippen LogP contribution >= 0.6 is 0 Å². The van der Waals surface area contributed by atoms with Gasteiger partial charge in [0.25, 0.3) is 0 Å². The lowest BCUT2D eigenvalue weighted by atomic mass is 9.71. The molecule has 0 aromatic rings. The van der Waals surface area contributed by atoms with Gasteiger partial charge in [-0.1, -0.05) is 13.8 Å². The summed E-state index contributed by atoms with van der Waals surface area (Å²) in [6, 6.07) is 0. The van der Waals surface area contributed by atoms with E-state index in [0.717, 1.165) is 12.8 Å². The lowest BCUT2D eigenvalue weighted by Crippen LogP contribution is -2.44. The van der Waals surface area contributed by atoms with Crippen molar-refractivity contribution in [3.05, 3.63) is 0 Å². The van der Waals surface area contributed by atoms with E-state index >= 15 is 0 Å². The van der Waals surface area contributed by atoms with Crippen molar-refractivity contribution >= 4 is 5.97 Å². The highest BCUT2D eigenvalue weighted by Gasteiger charge is 2.41. The van der Waals surface area contributed by atoms with Crippen LogP contribution in [0.15, 0.2) is 0 Å². The zero-order chi connectivity index (χ0) is 11.5. The van der Waals surface area contributed by atoms with Crippen LogP contribution in [0.2, 0.25) is 0 Å². The molecule has 4 heteroatoms. The van der Waals surface area contributed by atoms with Crippen molar-refractivity contribution in [3.63, 3.8) is 0 Å². The SMILES string of the molecule is COC(=O)C(O)C(C)(C)C1CCOCC1. The molecule has 0 radical (unpaired) electrons. The molecular weight excluding hydrogens is 196 g/mol. The highest BCUT2D eigenvalue weighted by molar-refractivity contribution is 5.75. The van der Waals surface area contributed by atoms with Crippen LogP contribution in [0.25, 0.3) is 0 Å². The van der Waals surface area contributed by atoms with Crippen LogP contribution in [0.4, 0.5) is 0 Å². The van der Waals surface area contributed by atoms with Crippen molar-refractivity contribution < 1.29 is 19.4 Å². The van der Waals surface area contributed by atoms with E-state index in [9.17, 15) is 9.90 Å². The molecule has 1 saturated heterocycles. The minimum Gasteiger partial charge on any atom is -0.467 e. The van der Waals surface area contributed by atoms with Crippen LogP contribution in [0, 0.1) is 11.3 Å². The number of carbonyl (C=O) groups is 1. The van der Waals surface area contributed by atoms with Crippen molar-refractivity contribution in [1.29, 1.82) is 0 Å². The fraction of sp³-hybridized carbons (Fsp3) is 0.909. The van der Waals surface area contributed by atoms with Gasteiger partial charge in [0.15, 0.2) is 6.10 Å². The summed E-state index contributed by atoms with van der Waals surface area (Å²) in [6.07, 6.45) is 0.729. The highest BCUT2D eigenvalue weighted by atomic mass is 16.5. The first-order valence-corrected chi connectivity index (χ1v) is 5.33. The fourth-order valence-corrected chi connectivity index (χ4v) is 2.08. The summed E-state index contributed by atoms with van der Waals surface area (Å²) in [5.41, 5.74) is -0.448. The minimum absolute atomic E-state index is 0.306. The lowest BCUT2D eigenvalue weighted by Gasteiger charge is -2.39. The van der Waals surface area contributed by atoms with Gasteiger partial charge in [0.2, 0.25) is 0 Å². The first-order valence-electron chi connectivity index (χ1n) is 5.33. The molecule has 1 fully saturated rings. The molecule has 0 aliphatic carbocycles. The van der Waals surface area contributed by atoms with E-state index in [0.29, 0.717) is 19.1 Å². The Hall–Kier alpha value is -0.610. The Morgan fingerprint density at radius 2 is 2.00 bits per heavy atom. The molecular formula is C11H20O4. The van der Waals surface area contributed by atoms with Crippen molar-refractivity contribution in [1.82, 2.24) is 0 Å². The van der Waals surface area contributed by atoms with E-state index < -0.39 is 17.5 Å². The molecule has 88 valence electrons. The van der Waals surface area contributed by atoms with E-state index in [1.54, 1.807) is 0 Å². The minimum atomic E-state index is -1.05. The summed E-state index contributed by atoms with van der Waals surface area (Å²) in [4.78, 5) is 11.3. The van der Waals surface area contributed by atoms with Gasteiger partial charge in [-0.05, 0) is 18.8 Å². The molecule has 1 atom stereocenters. The van der Waals surface area contributed by atoms with Gasteiger partial charge < -0.3 is 14.6 Å². The van der Waals surface area contributed by atoms with Gasteiger partial charge in [0.1, 0.15) is 0 Å². The number of hydrogen-bond acceptors (Lipinski definition) is 4. The molecule has 15 heavy (non-hydrogen) atoms. The Kier molecular flexibility index (Phi) is 4.11. The number of aliphatic hydroxyl groups is 1. The molecule has 0 aromatic heterocycles. The summed E-state index contributed by atoms with van der Waals surface area (Å²) in [5, 5.41) is 9.88. The van der Waals surface area contributed by atoms with Crippen LogP contribution in [-0.4, -0.2) is 37.5 Å². The van der Waals surface area contributed by atoms with Crippen LogP contribution in [-0.2, 0) is 14.3 Å². The maximum atomic E-state index is 11.3. The third-order valence-corrected chi connectivity index (χ3v) is 3.40. The Balaban J connectivity index is 2.66. The molecule has 1 heterocycles.